The molecule has 9 heteroatoms. The average Bonchev–Trinajstić information content (AvgIpc) is 2.97. The predicted octanol–water partition coefficient (Wildman–Crippen LogP) is 4.77. The van der Waals surface area contributed by atoms with Gasteiger partial charge in [-0.2, -0.15) is 0 Å². The predicted molar refractivity (Wildman–Crippen MR) is 90.9 cm³/mol. The third kappa shape index (κ3) is 3.19. The van der Waals surface area contributed by atoms with Crippen LogP contribution in [0.5, 0.6) is 5.75 Å². The number of hydrogen-bond acceptors (Lipinski definition) is 5. The molecule has 0 unspecified atom stereocenters. The molecule has 0 spiro atoms. The highest BCUT2D eigenvalue weighted by Crippen LogP contribution is 2.42. The van der Waals surface area contributed by atoms with E-state index in [9.17, 15) is 24.4 Å². The van der Waals surface area contributed by atoms with Gasteiger partial charge in [-0.1, -0.05) is 0 Å². The largest absolute Gasteiger partial charge is 0.482 e. The van der Waals surface area contributed by atoms with E-state index < -0.39 is 51.0 Å². The quantitative estimate of drug-likeness (QED) is 0.507. The van der Waals surface area contributed by atoms with Crippen molar-refractivity contribution in [3.05, 3.63) is 57.6 Å². The summed E-state index contributed by atoms with van der Waals surface area (Å²) >= 11 is 0. The molecule has 140 valence electrons. The monoisotopic (exact) mass is 377 g/mol. The van der Waals surface area contributed by atoms with Gasteiger partial charge in [0.15, 0.2) is 5.82 Å². The summed E-state index contributed by atoms with van der Waals surface area (Å²) < 4.78 is 38.8. The second-order valence-corrected chi connectivity index (χ2v) is 5.95. The lowest BCUT2D eigenvalue weighted by Gasteiger charge is -2.11. The standard InChI is InChI=1S/C18H13F2NO6/c1-8(2)26-17-11(21(24)25)7-12-13(15(17)20)14(18(22)23)16(27-12)9-3-5-10(19)6-4-9/h3-8H,1-2H3,(H,22,23). The molecule has 0 saturated carbocycles. The Kier molecular flexibility index (Phi) is 4.52. The third-order valence-electron chi connectivity index (χ3n) is 3.73. The third-order valence-corrected chi connectivity index (χ3v) is 3.73. The summed E-state index contributed by atoms with van der Waals surface area (Å²) in [5.74, 6) is -4.18. The van der Waals surface area contributed by atoms with E-state index in [1.807, 2.05) is 0 Å². The number of benzene rings is 2. The minimum atomic E-state index is -1.50. The van der Waals surface area contributed by atoms with Crippen molar-refractivity contribution in [2.45, 2.75) is 20.0 Å². The van der Waals surface area contributed by atoms with Crippen molar-refractivity contribution in [1.29, 1.82) is 0 Å². The van der Waals surface area contributed by atoms with Gasteiger partial charge in [0.05, 0.1) is 22.5 Å². The molecule has 0 fully saturated rings. The molecule has 0 saturated heterocycles. The lowest BCUT2D eigenvalue weighted by Crippen LogP contribution is -2.09. The highest BCUT2D eigenvalue weighted by molar-refractivity contribution is 6.09. The molecular formula is C18H13F2NO6. The number of nitro benzene ring substituents is 1. The molecule has 1 N–H and O–H groups in total. The molecule has 3 rings (SSSR count). The second kappa shape index (κ2) is 6.67. The van der Waals surface area contributed by atoms with Gasteiger partial charge in [0.25, 0.3) is 0 Å². The van der Waals surface area contributed by atoms with Crippen molar-refractivity contribution < 1.29 is 32.8 Å². The molecule has 0 bridgehead atoms. The lowest BCUT2D eigenvalue weighted by atomic mass is 10.0. The Morgan fingerprint density at radius 3 is 2.41 bits per heavy atom. The fraction of sp³-hybridized carbons (Fsp3) is 0.167. The minimum Gasteiger partial charge on any atom is -0.482 e. The van der Waals surface area contributed by atoms with Gasteiger partial charge in [0.1, 0.15) is 22.7 Å². The number of carboxylic acid groups (broad SMARTS) is 1. The van der Waals surface area contributed by atoms with E-state index in [2.05, 4.69) is 0 Å². The van der Waals surface area contributed by atoms with Crippen molar-refractivity contribution >= 4 is 22.6 Å². The maximum Gasteiger partial charge on any atom is 0.340 e. The number of hydrogen-bond donors (Lipinski definition) is 1. The average molecular weight is 377 g/mol. The molecule has 0 aliphatic heterocycles. The first-order valence-electron chi connectivity index (χ1n) is 7.80. The highest BCUT2D eigenvalue weighted by Gasteiger charge is 2.32. The zero-order valence-corrected chi connectivity index (χ0v) is 14.2. The number of nitro groups is 1. The van der Waals surface area contributed by atoms with E-state index in [4.69, 9.17) is 9.15 Å². The van der Waals surface area contributed by atoms with Crippen LogP contribution in [0.4, 0.5) is 14.5 Å². The Bertz CT molecular complexity index is 1060. The molecule has 1 aromatic heterocycles. The molecule has 2 aromatic carbocycles. The van der Waals surface area contributed by atoms with Gasteiger partial charge in [0, 0.05) is 5.56 Å². The summed E-state index contributed by atoms with van der Waals surface area (Å²) in [6.45, 7) is 3.09. The van der Waals surface area contributed by atoms with E-state index in [1.54, 1.807) is 13.8 Å². The van der Waals surface area contributed by atoms with Crippen LogP contribution in [-0.4, -0.2) is 22.1 Å². The summed E-state index contributed by atoms with van der Waals surface area (Å²) in [5, 5.41) is 20.4. The van der Waals surface area contributed by atoms with Crippen LogP contribution in [0.1, 0.15) is 24.2 Å². The van der Waals surface area contributed by atoms with Crippen molar-refractivity contribution in [3.63, 3.8) is 0 Å². The summed E-state index contributed by atoms with van der Waals surface area (Å²) in [7, 11) is 0. The Balaban J connectivity index is 2.39. The molecule has 3 aromatic rings. The summed E-state index contributed by atoms with van der Waals surface area (Å²) in [4.78, 5) is 22.2. The zero-order valence-electron chi connectivity index (χ0n) is 14.2. The van der Waals surface area contributed by atoms with Crippen LogP contribution in [-0.2, 0) is 0 Å². The second-order valence-electron chi connectivity index (χ2n) is 5.95. The van der Waals surface area contributed by atoms with Crippen LogP contribution in [0.2, 0.25) is 0 Å². The van der Waals surface area contributed by atoms with Crippen LogP contribution in [0.3, 0.4) is 0 Å². The van der Waals surface area contributed by atoms with Crippen LogP contribution in [0.15, 0.2) is 34.7 Å². The molecule has 1 heterocycles. The smallest absolute Gasteiger partial charge is 0.340 e. The van der Waals surface area contributed by atoms with Crippen LogP contribution < -0.4 is 4.74 Å². The molecule has 0 atom stereocenters. The van der Waals surface area contributed by atoms with Gasteiger partial charge < -0.3 is 14.3 Å². The van der Waals surface area contributed by atoms with Crippen molar-refractivity contribution in [3.8, 4) is 17.1 Å². The van der Waals surface area contributed by atoms with E-state index >= 15 is 4.39 Å². The SMILES string of the molecule is CC(C)Oc1c([N+](=O)[O-])cc2oc(-c3ccc(F)cc3)c(C(=O)O)c2c1F. The Morgan fingerprint density at radius 1 is 1.26 bits per heavy atom. The van der Waals surface area contributed by atoms with Crippen molar-refractivity contribution in [1.82, 2.24) is 0 Å². The van der Waals surface area contributed by atoms with Crippen LogP contribution in [0.25, 0.3) is 22.3 Å². The highest BCUT2D eigenvalue weighted by atomic mass is 19.1. The lowest BCUT2D eigenvalue weighted by molar-refractivity contribution is -0.386. The first-order chi connectivity index (χ1) is 12.7. The Hall–Kier alpha value is -3.49. The number of aromatic carboxylic acids is 1. The molecule has 27 heavy (non-hydrogen) atoms. The molecular weight excluding hydrogens is 364 g/mol. The van der Waals surface area contributed by atoms with E-state index in [0.29, 0.717) is 0 Å². The summed E-state index contributed by atoms with van der Waals surface area (Å²) in [6.07, 6.45) is -0.590. The molecule has 0 radical (unpaired) electrons. The van der Waals surface area contributed by atoms with Crippen LogP contribution in [0, 0.1) is 21.7 Å². The van der Waals surface area contributed by atoms with Gasteiger partial charge in [-0.3, -0.25) is 10.1 Å². The number of halogens is 2. The normalized spacial score (nSPS) is 11.1. The minimum absolute atomic E-state index is 0.179. The van der Waals surface area contributed by atoms with Crippen LogP contribution >= 0.6 is 0 Å². The van der Waals surface area contributed by atoms with Gasteiger partial charge in [-0.05, 0) is 38.1 Å². The number of furan rings is 1. The molecule has 7 nitrogen and oxygen atoms in total. The van der Waals surface area contributed by atoms with Gasteiger partial charge >= 0.3 is 11.7 Å². The number of fused-ring (bicyclic) bond motifs is 1. The first-order valence-corrected chi connectivity index (χ1v) is 7.80. The maximum absolute atomic E-state index is 15.1. The summed E-state index contributed by atoms with van der Waals surface area (Å²) in [6, 6.07) is 5.60. The fourth-order valence-corrected chi connectivity index (χ4v) is 2.68. The van der Waals surface area contributed by atoms with Crippen molar-refractivity contribution in [2.24, 2.45) is 0 Å². The van der Waals surface area contributed by atoms with E-state index in [0.717, 1.165) is 18.2 Å². The summed E-state index contributed by atoms with van der Waals surface area (Å²) in [5.41, 5.74) is -1.37. The fourth-order valence-electron chi connectivity index (χ4n) is 2.68. The zero-order chi connectivity index (χ0) is 19.9. The molecule has 0 aliphatic carbocycles. The van der Waals surface area contributed by atoms with E-state index in [-0.39, 0.29) is 16.9 Å². The number of nitrogens with zero attached hydrogens (tertiary/aromatic N) is 1. The van der Waals surface area contributed by atoms with Crippen molar-refractivity contribution in [2.75, 3.05) is 0 Å². The Labute approximate surface area is 150 Å². The molecule has 0 aliphatic rings. The maximum atomic E-state index is 15.1. The van der Waals surface area contributed by atoms with Gasteiger partial charge in [0.2, 0.25) is 5.75 Å². The van der Waals surface area contributed by atoms with E-state index in [1.165, 1.54) is 12.1 Å². The van der Waals surface area contributed by atoms with Gasteiger partial charge in [-0.25, -0.2) is 13.6 Å². The number of ether oxygens (including phenoxy) is 1. The Morgan fingerprint density at radius 2 is 1.89 bits per heavy atom. The number of carboxylic acids is 1. The topological polar surface area (TPSA) is 103 Å². The number of carbonyl (C=O) groups is 1. The van der Waals surface area contributed by atoms with Gasteiger partial charge in [-0.15, -0.1) is 0 Å². The molecule has 0 amide bonds. The first kappa shape index (κ1) is 18.3. The number of rotatable bonds is 5.